The Kier molecular flexibility index (Phi) is 7.80. The Morgan fingerprint density at radius 2 is 1.84 bits per heavy atom. The van der Waals surface area contributed by atoms with Crippen LogP contribution in [0.2, 0.25) is 0 Å². The van der Waals surface area contributed by atoms with E-state index in [0.29, 0.717) is 31.0 Å². The van der Waals surface area contributed by atoms with Gasteiger partial charge >= 0.3 is 0 Å². The van der Waals surface area contributed by atoms with Gasteiger partial charge in [0.2, 0.25) is 5.88 Å². The Balaban J connectivity index is 1.74. The summed E-state index contributed by atoms with van der Waals surface area (Å²) in [5, 5.41) is 2.79. The normalized spacial score (nSPS) is 11.1. The number of hydrogen-bond acceptors (Lipinski definition) is 6. The number of nitrogens with zero attached hydrogens (tertiary/aromatic N) is 1. The zero-order chi connectivity index (χ0) is 23.0. The maximum absolute atomic E-state index is 12.6. The fourth-order valence-corrected chi connectivity index (χ4v) is 3.87. The molecule has 0 atom stereocenters. The van der Waals surface area contributed by atoms with Crippen LogP contribution in [-0.2, 0) is 14.8 Å². The van der Waals surface area contributed by atoms with Crippen LogP contribution >= 0.6 is 0 Å². The number of ether oxygens (including phenoxy) is 2. The number of sulfonamides is 1. The first kappa shape index (κ1) is 23.2. The number of benzene rings is 2. The average molecular weight is 456 g/mol. The SMILES string of the molecule is COCCCNC(=O)c1cccnc1Oc1cccc(NS(=O)(=O)c2ccc(C)cc2)c1. The summed E-state index contributed by atoms with van der Waals surface area (Å²) in [6, 6.07) is 16.2. The first-order chi connectivity index (χ1) is 15.4. The zero-order valence-corrected chi connectivity index (χ0v) is 18.7. The highest BCUT2D eigenvalue weighted by Crippen LogP contribution is 2.26. The zero-order valence-electron chi connectivity index (χ0n) is 17.9. The van der Waals surface area contributed by atoms with E-state index in [1.165, 1.54) is 12.3 Å². The van der Waals surface area contributed by atoms with Crippen molar-refractivity contribution in [2.24, 2.45) is 0 Å². The molecule has 1 aromatic heterocycles. The maximum atomic E-state index is 12.6. The molecule has 0 bridgehead atoms. The smallest absolute Gasteiger partial charge is 0.261 e. The summed E-state index contributed by atoms with van der Waals surface area (Å²) in [4.78, 5) is 16.8. The first-order valence-electron chi connectivity index (χ1n) is 9.98. The van der Waals surface area contributed by atoms with Gasteiger partial charge in [-0.1, -0.05) is 23.8 Å². The molecule has 0 unspecified atom stereocenters. The molecule has 3 aromatic rings. The summed E-state index contributed by atoms with van der Waals surface area (Å²) >= 11 is 0. The van der Waals surface area contributed by atoms with E-state index in [9.17, 15) is 13.2 Å². The van der Waals surface area contributed by atoms with Crippen molar-refractivity contribution in [3.05, 3.63) is 78.0 Å². The van der Waals surface area contributed by atoms with E-state index in [2.05, 4.69) is 15.0 Å². The molecule has 9 heteroatoms. The minimum atomic E-state index is -3.75. The summed E-state index contributed by atoms with van der Waals surface area (Å²) in [7, 11) is -2.15. The van der Waals surface area contributed by atoms with Crippen LogP contribution in [-0.4, -0.2) is 39.6 Å². The molecule has 0 radical (unpaired) electrons. The number of methoxy groups -OCH3 is 1. The lowest BCUT2D eigenvalue weighted by atomic mass is 10.2. The van der Waals surface area contributed by atoms with Crippen LogP contribution in [0.1, 0.15) is 22.3 Å². The second-order valence-electron chi connectivity index (χ2n) is 7.01. The van der Waals surface area contributed by atoms with Crippen LogP contribution in [0.15, 0.2) is 71.8 Å². The Labute approximate surface area is 187 Å². The van der Waals surface area contributed by atoms with Crippen molar-refractivity contribution < 1.29 is 22.7 Å². The van der Waals surface area contributed by atoms with Gasteiger partial charge in [0.1, 0.15) is 11.3 Å². The lowest BCUT2D eigenvalue weighted by Gasteiger charge is -2.12. The average Bonchev–Trinajstić information content (AvgIpc) is 2.77. The van der Waals surface area contributed by atoms with Gasteiger partial charge in [0.15, 0.2) is 0 Å². The second-order valence-corrected chi connectivity index (χ2v) is 8.69. The van der Waals surface area contributed by atoms with Crippen molar-refractivity contribution in [3.8, 4) is 11.6 Å². The third-order valence-corrected chi connectivity index (χ3v) is 5.86. The molecule has 0 aliphatic carbocycles. The molecular weight excluding hydrogens is 430 g/mol. The molecule has 1 amide bonds. The summed E-state index contributed by atoms with van der Waals surface area (Å²) in [6.07, 6.45) is 2.20. The van der Waals surface area contributed by atoms with Crippen molar-refractivity contribution >= 4 is 21.6 Å². The monoisotopic (exact) mass is 455 g/mol. The van der Waals surface area contributed by atoms with E-state index < -0.39 is 10.0 Å². The molecule has 2 N–H and O–H groups in total. The van der Waals surface area contributed by atoms with Crippen molar-refractivity contribution in [1.29, 1.82) is 0 Å². The van der Waals surface area contributed by atoms with E-state index >= 15 is 0 Å². The molecule has 0 spiro atoms. The molecule has 0 aliphatic rings. The van der Waals surface area contributed by atoms with Gasteiger partial charge in [0.05, 0.1) is 10.6 Å². The van der Waals surface area contributed by atoms with Gasteiger partial charge in [-0.2, -0.15) is 0 Å². The largest absolute Gasteiger partial charge is 0.438 e. The van der Waals surface area contributed by atoms with Gasteiger partial charge in [0, 0.05) is 32.5 Å². The molecule has 0 aliphatic heterocycles. The van der Waals surface area contributed by atoms with Crippen molar-refractivity contribution in [2.45, 2.75) is 18.2 Å². The highest BCUT2D eigenvalue weighted by atomic mass is 32.2. The number of hydrogen-bond donors (Lipinski definition) is 2. The first-order valence-corrected chi connectivity index (χ1v) is 11.5. The number of aryl methyl sites for hydroxylation is 1. The number of pyridine rings is 1. The van der Waals surface area contributed by atoms with E-state index in [0.717, 1.165) is 5.56 Å². The third kappa shape index (κ3) is 6.29. The van der Waals surface area contributed by atoms with Gasteiger partial charge < -0.3 is 14.8 Å². The Bertz CT molecular complexity index is 1160. The number of anilines is 1. The van der Waals surface area contributed by atoms with Crippen LogP contribution in [0.25, 0.3) is 0 Å². The molecule has 168 valence electrons. The predicted octanol–water partition coefficient (Wildman–Crippen LogP) is 3.75. The Morgan fingerprint density at radius 1 is 1.06 bits per heavy atom. The quantitative estimate of drug-likeness (QED) is 0.451. The Hall–Kier alpha value is -3.43. The third-order valence-electron chi connectivity index (χ3n) is 4.46. The molecule has 0 fully saturated rings. The number of aromatic nitrogens is 1. The number of carbonyl (C=O) groups is 1. The highest BCUT2D eigenvalue weighted by Gasteiger charge is 2.16. The number of amides is 1. The lowest BCUT2D eigenvalue weighted by Crippen LogP contribution is -2.25. The standard InChI is InChI=1S/C23H25N3O5S/c1-17-9-11-20(12-10-17)32(28,29)26-18-6-3-7-19(16-18)31-23-21(8-4-13-25-23)22(27)24-14-5-15-30-2/h3-4,6-13,16,26H,5,14-15H2,1-2H3,(H,24,27). The van der Waals surface area contributed by atoms with Crippen LogP contribution in [0.3, 0.4) is 0 Å². The van der Waals surface area contributed by atoms with Gasteiger partial charge in [-0.05, 0) is 49.7 Å². The fourth-order valence-electron chi connectivity index (χ4n) is 2.82. The lowest BCUT2D eigenvalue weighted by molar-refractivity contribution is 0.0945. The van der Waals surface area contributed by atoms with E-state index in [4.69, 9.17) is 9.47 Å². The molecular formula is C23H25N3O5S. The molecule has 2 aromatic carbocycles. The highest BCUT2D eigenvalue weighted by molar-refractivity contribution is 7.92. The van der Waals surface area contributed by atoms with Crippen LogP contribution in [0.4, 0.5) is 5.69 Å². The van der Waals surface area contributed by atoms with E-state index in [1.54, 1.807) is 61.7 Å². The summed E-state index contributed by atoms with van der Waals surface area (Å²) in [5.41, 5.74) is 1.56. The van der Waals surface area contributed by atoms with E-state index in [1.807, 2.05) is 6.92 Å². The Morgan fingerprint density at radius 3 is 2.59 bits per heavy atom. The van der Waals surface area contributed by atoms with Gasteiger partial charge in [-0.15, -0.1) is 0 Å². The minimum Gasteiger partial charge on any atom is -0.438 e. The number of carbonyl (C=O) groups excluding carboxylic acids is 1. The van der Waals surface area contributed by atoms with E-state index in [-0.39, 0.29) is 22.2 Å². The minimum absolute atomic E-state index is 0.121. The molecule has 1 heterocycles. The maximum Gasteiger partial charge on any atom is 0.261 e. The number of rotatable bonds is 10. The van der Waals surface area contributed by atoms with Crippen molar-refractivity contribution in [3.63, 3.8) is 0 Å². The second kappa shape index (κ2) is 10.7. The molecule has 0 saturated carbocycles. The fraction of sp³-hybridized carbons (Fsp3) is 0.217. The molecule has 32 heavy (non-hydrogen) atoms. The molecule has 0 saturated heterocycles. The van der Waals surface area contributed by atoms with Crippen molar-refractivity contribution in [2.75, 3.05) is 25.0 Å². The van der Waals surface area contributed by atoms with Gasteiger partial charge in [-0.25, -0.2) is 13.4 Å². The van der Waals surface area contributed by atoms with Gasteiger partial charge in [0.25, 0.3) is 15.9 Å². The predicted molar refractivity (Wildman–Crippen MR) is 122 cm³/mol. The van der Waals surface area contributed by atoms with Crippen LogP contribution in [0, 0.1) is 6.92 Å². The van der Waals surface area contributed by atoms with Crippen molar-refractivity contribution in [1.82, 2.24) is 10.3 Å². The number of nitrogens with one attached hydrogen (secondary N) is 2. The van der Waals surface area contributed by atoms with Gasteiger partial charge in [-0.3, -0.25) is 9.52 Å². The summed E-state index contributed by atoms with van der Waals surface area (Å²) < 4.78 is 38.6. The molecule has 8 nitrogen and oxygen atoms in total. The van der Waals surface area contributed by atoms with Crippen LogP contribution < -0.4 is 14.8 Å². The van der Waals surface area contributed by atoms with Crippen LogP contribution in [0.5, 0.6) is 11.6 Å². The topological polar surface area (TPSA) is 107 Å². The summed E-state index contributed by atoms with van der Waals surface area (Å²) in [6.45, 7) is 2.88. The summed E-state index contributed by atoms with van der Waals surface area (Å²) in [5.74, 6) is 0.136. The molecule has 3 rings (SSSR count).